The molecule has 1 saturated heterocycles. The predicted molar refractivity (Wildman–Crippen MR) is 66.2 cm³/mol. The highest BCUT2D eigenvalue weighted by molar-refractivity contribution is 9.10. The molecule has 0 radical (unpaired) electrons. The van der Waals surface area contributed by atoms with Gasteiger partial charge in [0.25, 0.3) is 0 Å². The fourth-order valence-electron chi connectivity index (χ4n) is 2.28. The third-order valence-electron chi connectivity index (χ3n) is 3.13. The Hall–Kier alpha value is -0.800. The van der Waals surface area contributed by atoms with Crippen molar-refractivity contribution in [3.05, 3.63) is 34.4 Å². The van der Waals surface area contributed by atoms with E-state index in [1.165, 1.54) is 27.5 Å². The van der Waals surface area contributed by atoms with Crippen molar-refractivity contribution in [1.29, 1.82) is 0 Å². The van der Waals surface area contributed by atoms with Gasteiger partial charge in [0.15, 0.2) is 0 Å². The molecule has 2 aromatic rings. The Labute approximate surface area is 97.2 Å². The Morgan fingerprint density at radius 2 is 2.27 bits per heavy atom. The number of aromatic nitrogens is 1. The van der Waals surface area contributed by atoms with E-state index in [2.05, 4.69) is 50.5 Å². The van der Waals surface area contributed by atoms with Crippen molar-refractivity contribution in [1.82, 2.24) is 10.3 Å². The van der Waals surface area contributed by atoms with Crippen LogP contribution in [0.3, 0.4) is 0 Å². The van der Waals surface area contributed by atoms with Crippen LogP contribution in [-0.2, 0) is 0 Å². The minimum atomic E-state index is 0.657. The summed E-state index contributed by atoms with van der Waals surface area (Å²) in [6.07, 6.45) is 1.24. The molecule has 1 aromatic carbocycles. The molecular weight excluding hydrogens is 252 g/mol. The highest BCUT2D eigenvalue weighted by Gasteiger charge is 2.18. The van der Waals surface area contributed by atoms with Crippen molar-refractivity contribution >= 4 is 26.8 Å². The second-order valence-corrected chi connectivity index (χ2v) is 4.97. The number of hydrogen-bond donors (Lipinski definition) is 2. The van der Waals surface area contributed by atoms with Crippen LogP contribution in [0.4, 0.5) is 0 Å². The minimum absolute atomic E-state index is 0.657. The number of hydrogen-bond acceptors (Lipinski definition) is 1. The average Bonchev–Trinajstić information content (AvgIpc) is 2.86. The van der Waals surface area contributed by atoms with Crippen LogP contribution in [0.25, 0.3) is 10.9 Å². The Morgan fingerprint density at radius 3 is 3.00 bits per heavy atom. The number of rotatable bonds is 1. The fourth-order valence-corrected chi connectivity index (χ4v) is 2.76. The van der Waals surface area contributed by atoms with Crippen LogP contribution in [0.5, 0.6) is 0 Å². The Balaban J connectivity index is 2.09. The molecule has 0 aliphatic carbocycles. The highest BCUT2D eigenvalue weighted by atomic mass is 79.9. The van der Waals surface area contributed by atoms with E-state index in [1.807, 2.05) is 0 Å². The third kappa shape index (κ3) is 1.60. The topological polar surface area (TPSA) is 27.8 Å². The SMILES string of the molecule is Brc1cccc2[nH]c(C3CCNC3)cc12. The van der Waals surface area contributed by atoms with E-state index in [0.29, 0.717) is 5.92 Å². The third-order valence-corrected chi connectivity index (χ3v) is 3.82. The van der Waals surface area contributed by atoms with Crippen LogP contribution >= 0.6 is 15.9 Å². The molecule has 1 fully saturated rings. The lowest BCUT2D eigenvalue weighted by Gasteiger charge is -2.03. The van der Waals surface area contributed by atoms with Gasteiger partial charge in [0, 0.05) is 33.5 Å². The summed E-state index contributed by atoms with van der Waals surface area (Å²) in [6, 6.07) is 8.56. The summed E-state index contributed by atoms with van der Waals surface area (Å²) in [5.74, 6) is 0.657. The molecule has 1 aliphatic heterocycles. The van der Waals surface area contributed by atoms with Crippen LogP contribution in [0.15, 0.2) is 28.7 Å². The summed E-state index contributed by atoms with van der Waals surface area (Å²) in [6.45, 7) is 2.24. The number of halogens is 1. The van der Waals surface area contributed by atoms with Gasteiger partial charge in [0.1, 0.15) is 0 Å². The summed E-state index contributed by atoms with van der Waals surface area (Å²) in [5, 5.41) is 4.69. The average molecular weight is 265 g/mol. The van der Waals surface area contributed by atoms with Gasteiger partial charge >= 0.3 is 0 Å². The molecule has 1 atom stereocenters. The van der Waals surface area contributed by atoms with Crippen molar-refractivity contribution in [2.75, 3.05) is 13.1 Å². The fraction of sp³-hybridized carbons (Fsp3) is 0.333. The van der Waals surface area contributed by atoms with Crippen molar-refractivity contribution in [3.63, 3.8) is 0 Å². The summed E-state index contributed by atoms with van der Waals surface area (Å²) in [7, 11) is 0. The maximum Gasteiger partial charge on any atom is 0.0467 e. The molecule has 2 N–H and O–H groups in total. The van der Waals surface area contributed by atoms with Crippen LogP contribution < -0.4 is 5.32 Å². The highest BCUT2D eigenvalue weighted by Crippen LogP contribution is 2.29. The van der Waals surface area contributed by atoms with E-state index in [4.69, 9.17) is 0 Å². The van der Waals surface area contributed by atoms with Gasteiger partial charge in [-0.15, -0.1) is 0 Å². The quantitative estimate of drug-likeness (QED) is 0.815. The number of benzene rings is 1. The first-order chi connectivity index (χ1) is 7.34. The zero-order valence-electron chi connectivity index (χ0n) is 8.39. The van der Waals surface area contributed by atoms with Gasteiger partial charge in [0.05, 0.1) is 0 Å². The van der Waals surface area contributed by atoms with Gasteiger partial charge < -0.3 is 10.3 Å². The lowest BCUT2D eigenvalue weighted by atomic mass is 10.1. The second kappa shape index (κ2) is 3.65. The molecule has 1 aliphatic rings. The smallest absolute Gasteiger partial charge is 0.0467 e. The van der Waals surface area contributed by atoms with E-state index in [9.17, 15) is 0 Å². The maximum absolute atomic E-state index is 3.58. The molecule has 2 heterocycles. The largest absolute Gasteiger partial charge is 0.358 e. The molecule has 0 bridgehead atoms. The summed E-state index contributed by atoms with van der Waals surface area (Å²) in [4.78, 5) is 3.51. The molecule has 3 rings (SSSR count). The molecule has 15 heavy (non-hydrogen) atoms. The first-order valence-electron chi connectivity index (χ1n) is 5.32. The Kier molecular flexibility index (Phi) is 2.29. The molecule has 1 aromatic heterocycles. The molecular formula is C12H13BrN2. The Bertz CT molecular complexity index is 483. The number of H-pyrrole nitrogens is 1. The van der Waals surface area contributed by atoms with Gasteiger partial charge in [0.2, 0.25) is 0 Å². The van der Waals surface area contributed by atoms with Crippen molar-refractivity contribution < 1.29 is 0 Å². The van der Waals surface area contributed by atoms with Crippen LogP contribution in [-0.4, -0.2) is 18.1 Å². The van der Waals surface area contributed by atoms with Crippen molar-refractivity contribution in [2.45, 2.75) is 12.3 Å². The lowest BCUT2D eigenvalue weighted by molar-refractivity contribution is 0.743. The molecule has 0 amide bonds. The van der Waals surface area contributed by atoms with E-state index in [0.717, 1.165) is 13.1 Å². The lowest BCUT2D eigenvalue weighted by Crippen LogP contribution is -2.07. The zero-order valence-corrected chi connectivity index (χ0v) is 9.97. The van der Waals surface area contributed by atoms with Crippen molar-refractivity contribution in [3.8, 4) is 0 Å². The molecule has 3 heteroatoms. The summed E-state index contributed by atoms with van der Waals surface area (Å²) in [5.41, 5.74) is 2.59. The number of nitrogens with one attached hydrogen (secondary N) is 2. The Morgan fingerprint density at radius 1 is 1.33 bits per heavy atom. The van der Waals surface area contributed by atoms with E-state index in [1.54, 1.807) is 0 Å². The minimum Gasteiger partial charge on any atom is -0.358 e. The monoisotopic (exact) mass is 264 g/mol. The number of aromatic amines is 1. The standard InChI is InChI=1S/C12H13BrN2/c13-10-2-1-3-11-9(10)6-12(15-11)8-4-5-14-7-8/h1-3,6,8,14-15H,4-5,7H2. The predicted octanol–water partition coefficient (Wildman–Crippen LogP) is 3.01. The normalized spacial score (nSPS) is 21.3. The van der Waals surface area contributed by atoms with Crippen LogP contribution in [0, 0.1) is 0 Å². The van der Waals surface area contributed by atoms with Crippen molar-refractivity contribution in [2.24, 2.45) is 0 Å². The molecule has 0 saturated carbocycles. The maximum atomic E-state index is 3.58. The van der Waals surface area contributed by atoms with E-state index in [-0.39, 0.29) is 0 Å². The van der Waals surface area contributed by atoms with E-state index >= 15 is 0 Å². The van der Waals surface area contributed by atoms with Gasteiger partial charge in [-0.1, -0.05) is 22.0 Å². The first-order valence-corrected chi connectivity index (χ1v) is 6.12. The second-order valence-electron chi connectivity index (χ2n) is 4.12. The molecule has 0 spiro atoms. The molecule has 1 unspecified atom stereocenters. The summed E-state index contributed by atoms with van der Waals surface area (Å²) >= 11 is 3.58. The van der Waals surface area contributed by atoms with Gasteiger partial charge in [-0.3, -0.25) is 0 Å². The molecule has 78 valence electrons. The molecule has 2 nitrogen and oxygen atoms in total. The van der Waals surface area contributed by atoms with Gasteiger partial charge in [-0.05, 0) is 31.2 Å². The summed E-state index contributed by atoms with van der Waals surface area (Å²) < 4.78 is 1.17. The number of fused-ring (bicyclic) bond motifs is 1. The first kappa shape index (κ1) is 9.43. The van der Waals surface area contributed by atoms with Gasteiger partial charge in [-0.25, -0.2) is 0 Å². The van der Waals surface area contributed by atoms with E-state index < -0.39 is 0 Å². The van der Waals surface area contributed by atoms with Gasteiger partial charge in [-0.2, -0.15) is 0 Å². The van der Waals surface area contributed by atoms with Crippen LogP contribution in [0.2, 0.25) is 0 Å². The zero-order chi connectivity index (χ0) is 10.3. The van der Waals surface area contributed by atoms with Crippen LogP contribution in [0.1, 0.15) is 18.0 Å².